The minimum Gasteiger partial charge on any atom is -0.317 e. The van der Waals surface area contributed by atoms with Gasteiger partial charge in [0.2, 0.25) is 10.0 Å². The summed E-state index contributed by atoms with van der Waals surface area (Å²) in [6.07, 6.45) is 1.34. The lowest BCUT2D eigenvalue weighted by atomic mass is 10.2. The number of nitrogens with one attached hydrogen (secondary N) is 2. The van der Waals surface area contributed by atoms with Crippen LogP contribution >= 0.6 is 15.9 Å². The van der Waals surface area contributed by atoms with Crippen molar-refractivity contribution in [1.82, 2.24) is 5.32 Å². The van der Waals surface area contributed by atoms with E-state index in [1.54, 1.807) is 6.07 Å². The first-order valence-electron chi connectivity index (χ1n) is 5.97. The van der Waals surface area contributed by atoms with E-state index in [2.05, 4.69) is 26.0 Å². The lowest BCUT2D eigenvalue weighted by Crippen LogP contribution is -2.38. The summed E-state index contributed by atoms with van der Waals surface area (Å²) in [6.45, 7) is 3.43. The Morgan fingerprint density at radius 3 is 2.61 bits per heavy atom. The van der Waals surface area contributed by atoms with Crippen LogP contribution in [0.3, 0.4) is 0 Å². The Bertz CT molecular complexity index is 525. The lowest BCUT2D eigenvalue weighted by molar-refractivity contribution is 0.499. The summed E-state index contributed by atoms with van der Waals surface area (Å²) in [5.74, 6) is 0. The number of halogens is 1. The van der Waals surface area contributed by atoms with Crippen LogP contribution in [-0.4, -0.2) is 26.8 Å². The number of sulfonamides is 1. The van der Waals surface area contributed by atoms with Crippen molar-refractivity contribution in [2.75, 3.05) is 17.8 Å². The number of hydrogen-bond donors (Lipinski definition) is 2. The number of benzene rings is 1. The Labute approximate surface area is 116 Å². The van der Waals surface area contributed by atoms with Crippen LogP contribution in [0.1, 0.15) is 18.4 Å². The van der Waals surface area contributed by atoms with Crippen molar-refractivity contribution < 1.29 is 8.42 Å². The van der Waals surface area contributed by atoms with E-state index in [1.165, 1.54) is 0 Å². The van der Waals surface area contributed by atoms with Crippen LogP contribution in [0.25, 0.3) is 0 Å². The molecule has 1 aliphatic heterocycles. The third-order valence-corrected chi connectivity index (χ3v) is 5.51. The van der Waals surface area contributed by atoms with Crippen LogP contribution in [-0.2, 0) is 10.0 Å². The van der Waals surface area contributed by atoms with E-state index < -0.39 is 10.0 Å². The van der Waals surface area contributed by atoms with Crippen molar-refractivity contribution >= 4 is 31.6 Å². The lowest BCUT2D eigenvalue weighted by Gasteiger charge is -2.23. The van der Waals surface area contributed by atoms with Gasteiger partial charge in [-0.25, -0.2) is 8.42 Å². The fraction of sp³-hybridized carbons (Fsp3) is 0.500. The molecule has 4 nitrogen and oxygen atoms in total. The molecule has 0 unspecified atom stereocenters. The molecule has 100 valence electrons. The number of anilines is 1. The number of rotatable bonds is 3. The normalized spacial score (nSPS) is 17.7. The van der Waals surface area contributed by atoms with Gasteiger partial charge in [0, 0.05) is 4.47 Å². The molecule has 1 saturated heterocycles. The van der Waals surface area contributed by atoms with Gasteiger partial charge in [-0.15, -0.1) is 0 Å². The van der Waals surface area contributed by atoms with Gasteiger partial charge < -0.3 is 5.32 Å². The number of piperidine rings is 1. The van der Waals surface area contributed by atoms with Gasteiger partial charge in [-0.2, -0.15) is 0 Å². The van der Waals surface area contributed by atoms with Gasteiger partial charge in [0.25, 0.3) is 0 Å². The minimum absolute atomic E-state index is 0.290. The molecular weight excluding hydrogens is 316 g/mol. The van der Waals surface area contributed by atoms with Crippen LogP contribution in [0.4, 0.5) is 5.69 Å². The first kappa shape index (κ1) is 13.8. The highest BCUT2D eigenvalue weighted by Gasteiger charge is 2.27. The molecule has 18 heavy (non-hydrogen) atoms. The van der Waals surface area contributed by atoms with E-state index in [9.17, 15) is 8.42 Å². The molecule has 1 aromatic carbocycles. The molecule has 0 amide bonds. The molecule has 1 heterocycles. The van der Waals surface area contributed by atoms with Crippen LogP contribution in [0, 0.1) is 6.92 Å². The molecule has 0 aromatic heterocycles. The average Bonchev–Trinajstić information content (AvgIpc) is 2.34. The summed E-state index contributed by atoms with van der Waals surface area (Å²) < 4.78 is 28.1. The molecule has 0 radical (unpaired) electrons. The molecule has 0 bridgehead atoms. The third kappa shape index (κ3) is 3.24. The zero-order valence-electron chi connectivity index (χ0n) is 10.2. The van der Waals surface area contributed by atoms with Crippen LogP contribution < -0.4 is 10.0 Å². The zero-order valence-corrected chi connectivity index (χ0v) is 12.6. The summed E-state index contributed by atoms with van der Waals surface area (Å²) >= 11 is 3.37. The van der Waals surface area contributed by atoms with E-state index >= 15 is 0 Å². The first-order valence-corrected chi connectivity index (χ1v) is 8.31. The second kappa shape index (κ2) is 5.59. The molecular formula is C12H17BrN2O2S. The first-order chi connectivity index (χ1) is 8.49. The summed E-state index contributed by atoms with van der Waals surface area (Å²) in [6, 6.07) is 5.53. The van der Waals surface area contributed by atoms with E-state index in [4.69, 9.17) is 0 Å². The SMILES string of the molecule is Cc1cc(Br)ccc1NS(=O)(=O)C1CCNCC1. The summed E-state index contributed by atoms with van der Waals surface area (Å²) in [7, 11) is -3.28. The van der Waals surface area contributed by atoms with Crippen molar-refractivity contribution in [3.63, 3.8) is 0 Å². The van der Waals surface area contributed by atoms with Gasteiger partial charge in [0.1, 0.15) is 0 Å². The van der Waals surface area contributed by atoms with E-state index in [0.717, 1.165) is 23.1 Å². The highest BCUT2D eigenvalue weighted by Crippen LogP contribution is 2.23. The Hall–Kier alpha value is -0.590. The van der Waals surface area contributed by atoms with E-state index in [-0.39, 0.29) is 5.25 Å². The van der Waals surface area contributed by atoms with Crippen molar-refractivity contribution in [1.29, 1.82) is 0 Å². The molecule has 1 aliphatic rings. The van der Waals surface area contributed by atoms with Gasteiger partial charge in [-0.1, -0.05) is 15.9 Å². The largest absolute Gasteiger partial charge is 0.317 e. The van der Waals surface area contributed by atoms with Crippen molar-refractivity contribution in [3.8, 4) is 0 Å². The molecule has 0 aliphatic carbocycles. The zero-order chi connectivity index (χ0) is 13.2. The van der Waals surface area contributed by atoms with Gasteiger partial charge in [-0.3, -0.25) is 4.72 Å². The molecule has 0 atom stereocenters. The molecule has 0 saturated carbocycles. The molecule has 0 spiro atoms. The summed E-state index contributed by atoms with van der Waals surface area (Å²) in [5, 5.41) is 2.88. The summed E-state index contributed by atoms with van der Waals surface area (Å²) in [5.41, 5.74) is 1.58. The molecule has 2 rings (SSSR count). The maximum atomic E-state index is 12.2. The van der Waals surface area contributed by atoms with E-state index in [0.29, 0.717) is 18.5 Å². The molecule has 2 N–H and O–H groups in total. The highest BCUT2D eigenvalue weighted by molar-refractivity contribution is 9.10. The van der Waals surface area contributed by atoms with Gasteiger partial charge >= 0.3 is 0 Å². The Morgan fingerprint density at radius 1 is 1.33 bits per heavy atom. The van der Waals surface area contributed by atoms with E-state index in [1.807, 2.05) is 19.1 Å². The molecule has 1 aromatic rings. The fourth-order valence-electron chi connectivity index (χ4n) is 2.08. The smallest absolute Gasteiger partial charge is 0.235 e. The Morgan fingerprint density at radius 2 is 2.00 bits per heavy atom. The number of aryl methyl sites for hydroxylation is 1. The van der Waals surface area contributed by atoms with Crippen molar-refractivity contribution in [3.05, 3.63) is 28.2 Å². The van der Waals surface area contributed by atoms with Gasteiger partial charge in [0.15, 0.2) is 0 Å². The van der Waals surface area contributed by atoms with Crippen LogP contribution in [0.5, 0.6) is 0 Å². The van der Waals surface area contributed by atoms with Crippen LogP contribution in [0.2, 0.25) is 0 Å². The Kier molecular flexibility index (Phi) is 4.29. The maximum absolute atomic E-state index is 12.2. The van der Waals surface area contributed by atoms with Crippen molar-refractivity contribution in [2.45, 2.75) is 25.0 Å². The molecule has 1 fully saturated rings. The predicted molar refractivity (Wildman–Crippen MR) is 77.3 cm³/mol. The highest BCUT2D eigenvalue weighted by atomic mass is 79.9. The Balaban J connectivity index is 2.16. The standard InChI is InChI=1S/C12H17BrN2O2S/c1-9-8-10(13)2-3-12(9)15-18(16,17)11-4-6-14-7-5-11/h2-3,8,11,14-15H,4-7H2,1H3. The fourth-order valence-corrected chi connectivity index (χ4v) is 4.12. The minimum atomic E-state index is -3.28. The topological polar surface area (TPSA) is 58.2 Å². The maximum Gasteiger partial charge on any atom is 0.235 e. The molecule has 6 heteroatoms. The van der Waals surface area contributed by atoms with Gasteiger partial charge in [0.05, 0.1) is 10.9 Å². The second-order valence-corrected chi connectivity index (χ2v) is 7.43. The predicted octanol–water partition coefficient (Wildman–Crippen LogP) is 2.25. The monoisotopic (exact) mass is 332 g/mol. The third-order valence-electron chi connectivity index (χ3n) is 3.17. The number of hydrogen-bond acceptors (Lipinski definition) is 3. The van der Waals surface area contributed by atoms with Crippen molar-refractivity contribution in [2.24, 2.45) is 0 Å². The van der Waals surface area contributed by atoms with Gasteiger partial charge in [-0.05, 0) is 56.6 Å². The second-order valence-electron chi connectivity index (χ2n) is 4.56. The average molecular weight is 333 g/mol. The summed E-state index contributed by atoms with van der Waals surface area (Å²) in [4.78, 5) is 0. The quantitative estimate of drug-likeness (QED) is 0.892. The van der Waals surface area contributed by atoms with Crippen LogP contribution in [0.15, 0.2) is 22.7 Å².